The molecule has 1 fully saturated rings. The number of ether oxygens (including phenoxy) is 1. The Morgan fingerprint density at radius 1 is 1.33 bits per heavy atom. The van der Waals surface area contributed by atoms with Gasteiger partial charge in [-0.15, -0.1) is 0 Å². The van der Waals surface area contributed by atoms with Crippen LogP contribution in [0, 0.1) is 5.92 Å². The van der Waals surface area contributed by atoms with Crippen LogP contribution in [0.1, 0.15) is 44.6 Å². The molecule has 1 N–H and O–H groups in total. The van der Waals surface area contributed by atoms with E-state index in [1.807, 2.05) is 12.1 Å². The van der Waals surface area contributed by atoms with E-state index < -0.39 is 5.60 Å². The highest BCUT2D eigenvalue weighted by atomic mass is 16.5. The highest BCUT2D eigenvalue weighted by Gasteiger charge is 2.35. The first-order chi connectivity index (χ1) is 8.65. The molecule has 1 saturated carbocycles. The van der Waals surface area contributed by atoms with E-state index in [0.29, 0.717) is 0 Å². The third kappa shape index (κ3) is 3.26. The maximum Gasteiger partial charge on any atom is 0.118 e. The number of benzene rings is 1. The monoisotopic (exact) mass is 248 g/mol. The fourth-order valence-electron chi connectivity index (χ4n) is 2.96. The molecule has 1 aliphatic rings. The van der Waals surface area contributed by atoms with E-state index in [9.17, 15) is 5.11 Å². The van der Waals surface area contributed by atoms with Crippen LogP contribution in [0.3, 0.4) is 0 Å². The summed E-state index contributed by atoms with van der Waals surface area (Å²) in [6.07, 6.45) is 6.19. The van der Waals surface area contributed by atoms with Crippen molar-refractivity contribution in [1.82, 2.24) is 0 Å². The minimum Gasteiger partial charge on any atom is -0.497 e. The molecule has 2 nitrogen and oxygen atoms in total. The Kier molecular flexibility index (Phi) is 4.28. The zero-order valence-corrected chi connectivity index (χ0v) is 11.5. The van der Waals surface area contributed by atoms with Gasteiger partial charge in [0.25, 0.3) is 0 Å². The first-order valence-electron chi connectivity index (χ1n) is 7.00. The first-order valence-corrected chi connectivity index (χ1v) is 7.00. The van der Waals surface area contributed by atoms with E-state index in [-0.39, 0.29) is 0 Å². The van der Waals surface area contributed by atoms with Crippen LogP contribution >= 0.6 is 0 Å². The van der Waals surface area contributed by atoms with Gasteiger partial charge in [0.15, 0.2) is 0 Å². The number of hydrogen-bond acceptors (Lipinski definition) is 2. The second-order valence-corrected chi connectivity index (χ2v) is 5.59. The normalized spacial score (nSPS) is 27.4. The van der Waals surface area contributed by atoms with Crippen LogP contribution in [-0.2, 0) is 6.42 Å². The third-order valence-electron chi connectivity index (χ3n) is 4.30. The van der Waals surface area contributed by atoms with Crippen LogP contribution in [0.25, 0.3) is 0 Å². The molecule has 1 aromatic rings. The Bertz CT molecular complexity index is 371. The molecule has 0 spiro atoms. The average Bonchev–Trinajstić information content (AvgIpc) is 2.79. The average molecular weight is 248 g/mol. The van der Waals surface area contributed by atoms with Crippen LogP contribution in [0.15, 0.2) is 24.3 Å². The number of aliphatic hydroxyl groups is 1. The van der Waals surface area contributed by atoms with E-state index >= 15 is 0 Å². The van der Waals surface area contributed by atoms with Crippen molar-refractivity contribution in [2.45, 2.75) is 51.0 Å². The van der Waals surface area contributed by atoms with Crippen molar-refractivity contribution in [2.75, 3.05) is 7.11 Å². The smallest absolute Gasteiger partial charge is 0.118 e. The van der Waals surface area contributed by atoms with Gasteiger partial charge in [-0.25, -0.2) is 0 Å². The Morgan fingerprint density at radius 3 is 2.61 bits per heavy atom. The molecule has 2 unspecified atom stereocenters. The molecule has 0 aromatic heterocycles. The summed E-state index contributed by atoms with van der Waals surface area (Å²) in [5.41, 5.74) is 0.866. The van der Waals surface area contributed by atoms with Gasteiger partial charge in [-0.1, -0.05) is 25.5 Å². The maximum atomic E-state index is 10.5. The van der Waals surface area contributed by atoms with Gasteiger partial charge in [0.1, 0.15) is 5.75 Å². The molecular formula is C16H24O2. The molecule has 0 saturated heterocycles. The highest BCUT2D eigenvalue weighted by molar-refractivity contribution is 5.27. The van der Waals surface area contributed by atoms with Gasteiger partial charge in [0.05, 0.1) is 12.7 Å². The largest absolute Gasteiger partial charge is 0.497 e. The van der Waals surface area contributed by atoms with Gasteiger partial charge in [0, 0.05) is 0 Å². The molecule has 2 atom stereocenters. The summed E-state index contributed by atoms with van der Waals surface area (Å²) in [5.74, 6) is 1.62. The van der Waals surface area contributed by atoms with Crippen molar-refractivity contribution in [3.63, 3.8) is 0 Å². The number of rotatable bonds is 5. The molecule has 0 amide bonds. The molecule has 100 valence electrons. The molecule has 1 aromatic carbocycles. The van der Waals surface area contributed by atoms with Crippen LogP contribution < -0.4 is 4.74 Å². The predicted molar refractivity (Wildman–Crippen MR) is 73.9 cm³/mol. The fourth-order valence-corrected chi connectivity index (χ4v) is 2.96. The minimum atomic E-state index is -0.416. The molecule has 0 aliphatic heterocycles. The predicted octanol–water partition coefficient (Wildman–Crippen LogP) is 3.57. The SMILES string of the molecule is CCC1CCC(O)(CCc2ccc(OC)cc2)C1. The summed E-state index contributed by atoms with van der Waals surface area (Å²) in [6.45, 7) is 2.22. The molecule has 1 aliphatic carbocycles. The lowest BCUT2D eigenvalue weighted by molar-refractivity contribution is 0.0348. The maximum absolute atomic E-state index is 10.5. The molecule has 0 bridgehead atoms. The quantitative estimate of drug-likeness (QED) is 0.863. The summed E-state index contributed by atoms with van der Waals surface area (Å²) in [6, 6.07) is 8.16. The summed E-state index contributed by atoms with van der Waals surface area (Å²) in [7, 11) is 1.68. The van der Waals surface area contributed by atoms with Crippen LogP contribution in [0.2, 0.25) is 0 Å². The highest BCUT2D eigenvalue weighted by Crippen LogP contribution is 2.39. The lowest BCUT2D eigenvalue weighted by atomic mass is 9.92. The van der Waals surface area contributed by atoms with Gasteiger partial charge in [0.2, 0.25) is 0 Å². The Balaban J connectivity index is 1.87. The van der Waals surface area contributed by atoms with E-state index in [1.165, 1.54) is 18.4 Å². The Morgan fingerprint density at radius 2 is 2.06 bits per heavy atom. The van der Waals surface area contributed by atoms with Crippen molar-refractivity contribution >= 4 is 0 Å². The van der Waals surface area contributed by atoms with Crippen LogP contribution in [0.5, 0.6) is 5.75 Å². The van der Waals surface area contributed by atoms with Crippen LogP contribution in [-0.4, -0.2) is 17.8 Å². The van der Waals surface area contributed by atoms with Crippen molar-refractivity contribution in [1.29, 1.82) is 0 Å². The molecule has 2 rings (SSSR count). The molecular weight excluding hydrogens is 224 g/mol. The van der Waals surface area contributed by atoms with Gasteiger partial charge in [-0.2, -0.15) is 0 Å². The zero-order valence-electron chi connectivity index (χ0n) is 11.5. The molecule has 2 heteroatoms. The summed E-state index contributed by atoms with van der Waals surface area (Å²) < 4.78 is 5.15. The number of hydrogen-bond donors (Lipinski definition) is 1. The van der Waals surface area contributed by atoms with Crippen molar-refractivity contribution in [2.24, 2.45) is 5.92 Å². The van der Waals surface area contributed by atoms with E-state index in [0.717, 1.165) is 37.4 Å². The van der Waals surface area contributed by atoms with Crippen molar-refractivity contribution in [3.05, 3.63) is 29.8 Å². The first kappa shape index (κ1) is 13.4. The Labute approximate surface area is 110 Å². The van der Waals surface area contributed by atoms with Gasteiger partial charge < -0.3 is 9.84 Å². The minimum absolute atomic E-state index is 0.416. The fraction of sp³-hybridized carbons (Fsp3) is 0.625. The van der Waals surface area contributed by atoms with Gasteiger partial charge in [-0.3, -0.25) is 0 Å². The standard InChI is InChI=1S/C16H24O2/c1-3-13-8-10-16(17,12-13)11-9-14-4-6-15(18-2)7-5-14/h4-7,13,17H,3,8-12H2,1-2H3. The number of aryl methyl sites for hydroxylation is 1. The van der Waals surface area contributed by atoms with E-state index in [2.05, 4.69) is 19.1 Å². The van der Waals surface area contributed by atoms with Gasteiger partial charge in [-0.05, 0) is 55.7 Å². The second kappa shape index (κ2) is 5.75. The molecule has 0 heterocycles. The van der Waals surface area contributed by atoms with Crippen LogP contribution in [0.4, 0.5) is 0 Å². The van der Waals surface area contributed by atoms with Gasteiger partial charge >= 0.3 is 0 Å². The second-order valence-electron chi connectivity index (χ2n) is 5.59. The zero-order chi connectivity index (χ0) is 13.0. The van der Waals surface area contributed by atoms with Crippen molar-refractivity contribution < 1.29 is 9.84 Å². The summed E-state index contributed by atoms with van der Waals surface area (Å²) in [4.78, 5) is 0. The summed E-state index contributed by atoms with van der Waals surface area (Å²) >= 11 is 0. The van der Waals surface area contributed by atoms with E-state index in [1.54, 1.807) is 7.11 Å². The lowest BCUT2D eigenvalue weighted by Crippen LogP contribution is -2.25. The lowest BCUT2D eigenvalue weighted by Gasteiger charge is -2.22. The molecule has 0 radical (unpaired) electrons. The van der Waals surface area contributed by atoms with E-state index in [4.69, 9.17) is 4.74 Å². The van der Waals surface area contributed by atoms with Crippen molar-refractivity contribution in [3.8, 4) is 5.75 Å². The topological polar surface area (TPSA) is 29.5 Å². The number of methoxy groups -OCH3 is 1. The molecule has 18 heavy (non-hydrogen) atoms. The third-order valence-corrected chi connectivity index (χ3v) is 4.30. The summed E-state index contributed by atoms with van der Waals surface area (Å²) in [5, 5.41) is 10.5. The Hall–Kier alpha value is -1.02.